The van der Waals surface area contributed by atoms with Crippen LogP contribution in [0.3, 0.4) is 0 Å². The molecule has 1 rings (SSSR count). The van der Waals surface area contributed by atoms with Gasteiger partial charge >= 0.3 is 6.61 Å². The summed E-state index contributed by atoms with van der Waals surface area (Å²) in [6, 6.07) is 7.15. The number of nitrogens with zero attached hydrogens (tertiary/aromatic N) is 1. The molecule has 120 valence electrons. The molecule has 0 saturated heterocycles. The summed E-state index contributed by atoms with van der Waals surface area (Å²) in [6.07, 6.45) is 0. The van der Waals surface area contributed by atoms with Gasteiger partial charge in [-0.25, -0.2) is 0 Å². The lowest BCUT2D eigenvalue weighted by Gasteiger charge is -2.29. The molecular weight excluding hydrogens is 274 g/mol. The fourth-order valence-electron chi connectivity index (χ4n) is 2.30. The van der Waals surface area contributed by atoms with E-state index in [1.54, 1.807) is 12.1 Å². The Bertz CT molecular complexity index is 424. The Balaban J connectivity index is 2.84. The molecule has 0 fully saturated rings. The van der Waals surface area contributed by atoms with Crippen LogP contribution in [0.4, 0.5) is 8.78 Å². The van der Waals surface area contributed by atoms with Crippen molar-refractivity contribution in [1.82, 2.24) is 10.2 Å². The highest BCUT2D eigenvalue weighted by atomic mass is 19.3. The van der Waals surface area contributed by atoms with Gasteiger partial charge in [0, 0.05) is 24.2 Å². The van der Waals surface area contributed by atoms with Crippen molar-refractivity contribution in [3.8, 4) is 5.75 Å². The number of alkyl halides is 2. The average molecular weight is 300 g/mol. The molecule has 0 aliphatic rings. The zero-order chi connectivity index (χ0) is 16.0. The van der Waals surface area contributed by atoms with Crippen molar-refractivity contribution in [2.24, 2.45) is 5.92 Å². The predicted molar refractivity (Wildman–Crippen MR) is 81.8 cm³/mol. The third-order valence-corrected chi connectivity index (χ3v) is 3.43. The molecule has 0 aliphatic heterocycles. The Morgan fingerprint density at radius 3 is 2.29 bits per heavy atom. The van der Waals surface area contributed by atoms with E-state index in [-0.39, 0.29) is 17.8 Å². The summed E-state index contributed by atoms with van der Waals surface area (Å²) in [7, 11) is 4.05. The molecule has 0 bridgehead atoms. The fraction of sp³-hybridized carbons (Fsp3) is 0.625. The number of ether oxygens (including phenoxy) is 1. The van der Waals surface area contributed by atoms with Crippen molar-refractivity contribution >= 4 is 0 Å². The molecule has 2 unspecified atom stereocenters. The van der Waals surface area contributed by atoms with Gasteiger partial charge in [-0.05, 0) is 33.0 Å². The van der Waals surface area contributed by atoms with Gasteiger partial charge in [-0.1, -0.05) is 32.0 Å². The van der Waals surface area contributed by atoms with Gasteiger partial charge in [0.15, 0.2) is 0 Å². The van der Waals surface area contributed by atoms with Crippen LogP contribution in [0.15, 0.2) is 24.3 Å². The van der Waals surface area contributed by atoms with Gasteiger partial charge in [0.25, 0.3) is 0 Å². The topological polar surface area (TPSA) is 24.5 Å². The fourth-order valence-corrected chi connectivity index (χ4v) is 2.30. The smallest absolute Gasteiger partial charge is 0.387 e. The molecule has 0 aromatic heterocycles. The lowest BCUT2D eigenvalue weighted by molar-refractivity contribution is -0.0507. The van der Waals surface area contributed by atoms with E-state index >= 15 is 0 Å². The quantitative estimate of drug-likeness (QED) is 0.795. The Kier molecular flexibility index (Phi) is 7.05. The van der Waals surface area contributed by atoms with Crippen molar-refractivity contribution in [2.75, 3.05) is 20.6 Å². The number of para-hydroxylation sites is 1. The third kappa shape index (κ3) is 5.98. The number of nitrogens with one attached hydrogen (secondary N) is 1. The van der Waals surface area contributed by atoms with Crippen LogP contribution in [0.1, 0.15) is 32.4 Å². The van der Waals surface area contributed by atoms with Gasteiger partial charge in [-0.2, -0.15) is 8.78 Å². The maximum atomic E-state index is 12.5. The third-order valence-electron chi connectivity index (χ3n) is 3.43. The summed E-state index contributed by atoms with van der Waals surface area (Å²) in [5.41, 5.74) is 0.752. The van der Waals surface area contributed by atoms with Gasteiger partial charge in [-0.15, -0.1) is 0 Å². The second kappa shape index (κ2) is 8.29. The van der Waals surface area contributed by atoms with Crippen LogP contribution in [0.2, 0.25) is 0 Å². The molecule has 0 spiro atoms. The van der Waals surface area contributed by atoms with Crippen LogP contribution in [-0.2, 0) is 0 Å². The molecule has 3 nitrogen and oxygen atoms in total. The van der Waals surface area contributed by atoms with Gasteiger partial charge < -0.3 is 15.0 Å². The maximum absolute atomic E-state index is 12.5. The minimum atomic E-state index is -2.80. The van der Waals surface area contributed by atoms with Crippen molar-refractivity contribution in [2.45, 2.75) is 39.5 Å². The van der Waals surface area contributed by atoms with E-state index in [0.717, 1.165) is 12.1 Å². The van der Waals surface area contributed by atoms with Crippen LogP contribution < -0.4 is 10.1 Å². The monoisotopic (exact) mass is 300 g/mol. The normalized spacial score (nSPS) is 14.8. The minimum Gasteiger partial charge on any atom is -0.434 e. The first-order valence-electron chi connectivity index (χ1n) is 7.25. The molecular formula is C16H26F2N2O. The molecule has 1 aromatic carbocycles. The first-order chi connectivity index (χ1) is 9.81. The number of halogens is 2. The van der Waals surface area contributed by atoms with E-state index in [2.05, 4.69) is 28.8 Å². The Morgan fingerprint density at radius 2 is 1.76 bits per heavy atom. The van der Waals surface area contributed by atoms with Gasteiger partial charge in [0.05, 0.1) is 0 Å². The van der Waals surface area contributed by atoms with E-state index in [1.165, 1.54) is 0 Å². The Labute approximate surface area is 126 Å². The Hall–Kier alpha value is -1.20. The molecule has 1 N–H and O–H groups in total. The lowest BCUT2D eigenvalue weighted by Crippen LogP contribution is -2.43. The summed E-state index contributed by atoms with van der Waals surface area (Å²) in [6.45, 7) is 4.35. The molecule has 0 amide bonds. The highest BCUT2D eigenvalue weighted by Gasteiger charge is 2.20. The SMILES string of the molecule is CC(NC(CN(C)C)C(C)C)c1ccccc1OC(F)F. The lowest BCUT2D eigenvalue weighted by atomic mass is 10.00. The van der Waals surface area contributed by atoms with Crippen LogP contribution >= 0.6 is 0 Å². The summed E-state index contributed by atoms with van der Waals surface area (Å²) in [5, 5.41) is 3.51. The van der Waals surface area contributed by atoms with Crippen molar-refractivity contribution in [3.05, 3.63) is 29.8 Å². The summed E-state index contributed by atoms with van der Waals surface area (Å²) in [4.78, 5) is 2.12. The summed E-state index contributed by atoms with van der Waals surface area (Å²) >= 11 is 0. The van der Waals surface area contributed by atoms with Crippen molar-refractivity contribution in [3.63, 3.8) is 0 Å². The minimum absolute atomic E-state index is 0.0627. The number of rotatable bonds is 8. The second-order valence-corrected chi connectivity index (χ2v) is 5.92. The van der Waals surface area contributed by atoms with Crippen LogP contribution in [0.25, 0.3) is 0 Å². The zero-order valence-corrected chi connectivity index (χ0v) is 13.4. The first-order valence-corrected chi connectivity index (χ1v) is 7.25. The molecule has 5 heteroatoms. The predicted octanol–water partition coefficient (Wildman–Crippen LogP) is 3.52. The second-order valence-electron chi connectivity index (χ2n) is 5.92. The summed E-state index contributed by atoms with van der Waals surface area (Å²) < 4.78 is 29.6. The Morgan fingerprint density at radius 1 is 1.14 bits per heavy atom. The summed E-state index contributed by atoms with van der Waals surface area (Å²) in [5.74, 6) is 0.679. The largest absolute Gasteiger partial charge is 0.434 e. The van der Waals surface area contributed by atoms with Crippen LogP contribution in [0.5, 0.6) is 5.75 Å². The molecule has 21 heavy (non-hydrogen) atoms. The standard InChI is InChI=1S/C16H26F2N2O/c1-11(2)14(10-20(4)5)19-12(3)13-8-6-7-9-15(13)21-16(17)18/h6-9,11-12,14,16,19H,10H2,1-5H3. The molecule has 2 atom stereocenters. The van der Waals surface area contributed by atoms with E-state index in [0.29, 0.717) is 5.92 Å². The number of hydrogen-bond acceptors (Lipinski definition) is 3. The van der Waals surface area contributed by atoms with E-state index in [4.69, 9.17) is 0 Å². The van der Waals surface area contributed by atoms with Gasteiger partial charge in [0.2, 0.25) is 0 Å². The van der Waals surface area contributed by atoms with Crippen molar-refractivity contribution < 1.29 is 13.5 Å². The van der Waals surface area contributed by atoms with Gasteiger partial charge in [0.1, 0.15) is 5.75 Å². The maximum Gasteiger partial charge on any atom is 0.387 e. The van der Waals surface area contributed by atoms with Gasteiger partial charge in [-0.3, -0.25) is 0 Å². The van der Waals surface area contributed by atoms with E-state index in [1.807, 2.05) is 33.2 Å². The van der Waals surface area contributed by atoms with E-state index in [9.17, 15) is 8.78 Å². The molecule has 1 aromatic rings. The van der Waals surface area contributed by atoms with Crippen molar-refractivity contribution in [1.29, 1.82) is 0 Å². The zero-order valence-electron chi connectivity index (χ0n) is 13.4. The number of benzene rings is 1. The average Bonchev–Trinajstić information content (AvgIpc) is 2.37. The molecule has 0 radical (unpaired) electrons. The molecule has 0 saturated carbocycles. The van der Waals surface area contributed by atoms with Crippen LogP contribution in [0, 0.1) is 5.92 Å². The van der Waals surface area contributed by atoms with E-state index < -0.39 is 6.61 Å². The number of hydrogen-bond donors (Lipinski definition) is 1. The van der Waals surface area contributed by atoms with Crippen LogP contribution in [-0.4, -0.2) is 38.2 Å². The highest BCUT2D eigenvalue weighted by molar-refractivity contribution is 5.35. The number of likely N-dealkylation sites (N-methyl/N-ethyl adjacent to an activating group) is 1. The molecule has 0 heterocycles. The molecule has 0 aliphatic carbocycles. The first kappa shape index (κ1) is 17.9. The highest BCUT2D eigenvalue weighted by Crippen LogP contribution is 2.27.